The van der Waals surface area contributed by atoms with E-state index >= 15 is 0 Å². The number of aryl methyl sites for hydroxylation is 1. The topological polar surface area (TPSA) is 21.6 Å². The van der Waals surface area contributed by atoms with Gasteiger partial charge in [-0.15, -0.1) is 5.16 Å². The fourth-order valence-corrected chi connectivity index (χ4v) is 2.68. The molecule has 1 aromatic carbocycles. The lowest BCUT2D eigenvalue weighted by Gasteiger charge is -2.16. The first-order chi connectivity index (χ1) is 7.97. The Morgan fingerprint density at radius 3 is 2.71 bits per heavy atom. The van der Waals surface area contributed by atoms with E-state index in [4.69, 9.17) is 4.53 Å². The number of hydrogen-bond acceptors (Lipinski definition) is 2. The highest BCUT2D eigenvalue weighted by molar-refractivity contribution is 6.69. The SMILES string of the molecule is C/C(=N\O[Si](C)(C)C)C1CCc2ccccc21. The Bertz CT molecular complexity index is 434. The van der Waals surface area contributed by atoms with E-state index in [1.54, 1.807) is 0 Å². The van der Waals surface area contributed by atoms with Crippen LogP contribution in [0.2, 0.25) is 19.6 Å². The molecule has 1 unspecified atom stereocenters. The van der Waals surface area contributed by atoms with Crippen molar-refractivity contribution in [1.82, 2.24) is 0 Å². The van der Waals surface area contributed by atoms with Crippen LogP contribution in [-0.4, -0.2) is 14.0 Å². The summed E-state index contributed by atoms with van der Waals surface area (Å²) in [5.74, 6) is 0.461. The number of nitrogens with zero attached hydrogens (tertiary/aromatic N) is 1. The third kappa shape index (κ3) is 2.97. The molecule has 17 heavy (non-hydrogen) atoms. The van der Waals surface area contributed by atoms with Crippen molar-refractivity contribution in [2.45, 2.75) is 45.3 Å². The summed E-state index contributed by atoms with van der Waals surface area (Å²) in [6, 6.07) is 8.68. The van der Waals surface area contributed by atoms with Crippen LogP contribution in [0.15, 0.2) is 29.4 Å². The standard InChI is InChI=1S/C14H21NOSi/c1-11(15-16-17(2,3)4)13-10-9-12-7-5-6-8-14(12)13/h5-8,13H,9-10H2,1-4H3/b15-11+. The molecule has 3 heteroatoms. The second-order valence-electron chi connectivity index (χ2n) is 5.73. The van der Waals surface area contributed by atoms with Crippen molar-refractivity contribution in [2.75, 3.05) is 0 Å². The zero-order chi connectivity index (χ0) is 12.5. The Morgan fingerprint density at radius 2 is 2.00 bits per heavy atom. The van der Waals surface area contributed by atoms with Crippen LogP contribution in [0.25, 0.3) is 0 Å². The summed E-state index contributed by atoms with van der Waals surface area (Å²) in [4.78, 5) is 0. The van der Waals surface area contributed by atoms with Gasteiger partial charge in [0.1, 0.15) is 0 Å². The highest BCUT2D eigenvalue weighted by atomic mass is 28.4. The lowest BCUT2D eigenvalue weighted by molar-refractivity contribution is 0.332. The first-order valence-electron chi connectivity index (χ1n) is 6.28. The van der Waals surface area contributed by atoms with Gasteiger partial charge in [-0.25, -0.2) is 0 Å². The van der Waals surface area contributed by atoms with E-state index < -0.39 is 8.32 Å². The van der Waals surface area contributed by atoms with E-state index in [0.717, 1.165) is 5.71 Å². The van der Waals surface area contributed by atoms with Gasteiger partial charge in [-0.05, 0) is 50.5 Å². The molecule has 0 saturated carbocycles. The summed E-state index contributed by atoms with van der Waals surface area (Å²) in [6.45, 7) is 8.57. The summed E-state index contributed by atoms with van der Waals surface area (Å²) >= 11 is 0. The summed E-state index contributed by atoms with van der Waals surface area (Å²) < 4.78 is 5.65. The molecule has 0 aromatic heterocycles. The van der Waals surface area contributed by atoms with Crippen molar-refractivity contribution < 1.29 is 4.53 Å². The monoisotopic (exact) mass is 247 g/mol. The van der Waals surface area contributed by atoms with E-state index in [1.165, 1.54) is 24.0 Å². The van der Waals surface area contributed by atoms with E-state index in [0.29, 0.717) is 5.92 Å². The Labute approximate surface area is 105 Å². The molecule has 0 radical (unpaired) electrons. The zero-order valence-electron chi connectivity index (χ0n) is 11.2. The number of hydrogen-bond donors (Lipinski definition) is 0. The van der Waals surface area contributed by atoms with Gasteiger partial charge in [0, 0.05) is 5.92 Å². The quantitative estimate of drug-likeness (QED) is 0.450. The third-order valence-electron chi connectivity index (χ3n) is 3.10. The van der Waals surface area contributed by atoms with Gasteiger partial charge in [-0.1, -0.05) is 24.3 Å². The summed E-state index contributed by atoms with van der Waals surface area (Å²) in [5, 5.41) is 4.35. The van der Waals surface area contributed by atoms with Gasteiger partial charge in [0.25, 0.3) is 8.32 Å². The summed E-state index contributed by atoms with van der Waals surface area (Å²) in [7, 11) is -1.55. The van der Waals surface area contributed by atoms with Crippen molar-refractivity contribution in [3.05, 3.63) is 35.4 Å². The van der Waals surface area contributed by atoms with Gasteiger partial charge in [0.05, 0.1) is 5.71 Å². The highest BCUT2D eigenvalue weighted by Crippen LogP contribution is 2.33. The predicted molar refractivity (Wildman–Crippen MR) is 75.0 cm³/mol. The summed E-state index contributed by atoms with van der Waals surface area (Å²) in [6.07, 6.45) is 2.34. The molecule has 0 heterocycles. The van der Waals surface area contributed by atoms with Crippen molar-refractivity contribution in [2.24, 2.45) is 5.16 Å². The molecular weight excluding hydrogens is 226 g/mol. The molecule has 0 fully saturated rings. The zero-order valence-corrected chi connectivity index (χ0v) is 12.2. The van der Waals surface area contributed by atoms with E-state index in [1.807, 2.05) is 0 Å². The molecule has 0 saturated heterocycles. The lowest BCUT2D eigenvalue weighted by Crippen LogP contribution is -2.23. The maximum Gasteiger partial charge on any atom is 0.278 e. The molecule has 1 aliphatic rings. The lowest BCUT2D eigenvalue weighted by atomic mass is 9.97. The first-order valence-corrected chi connectivity index (χ1v) is 9.69. The number of rotatable bonds is 3. The molecule has 0 aliphatic heterocycles. The van der Waals surface area contributed by atoms with E-state index in [-0.39, 0.29) is 0 Å². The molecule has 1 atom stereocenters. The summed E-state index contributed by atoms with van der Waals surface area (Å²) in [5.41, 5.74) is 4.03. The van der Waals surface area contributed by atoms with Crippen molar-refractivity contribution in [3.63, 3.8) is 0 Å². The number of oxime groups is 1. The Balaban J connectivity index is 2.15. The van der Waals surface area contributed by atoms with Crippen LogP contribution in [0.3, 0.4) is 0 Å². The van der Waals surface area contributed by atoms with Crippen LogP contribution < -0.4 is 0 Å². The van der Waals surface area contributed by atoms with Crippen LogP contribution in [0.1, 0.15) is 30.4 Å². The Morgan fingerprint density at radius 1 is 1.29 bits per heavy atom. The molecule has 0 amide bonds. The molecule has 2 rings (SSSR count). The van der Waals surface area contributed by atoms with Crippen LogP contribution in [-0.2, 0) is 10.9 Å². The minimum absolute atomic E-state index is 0.461. The minimum Gasteiger partial charge on any atom is -0.456 e. The largest absolute Gasteiger partial charge is 0.456 e. The molecule has 0 bridgehead atoms. The smallest absolute Gasteiger partial charge is 0.278 e. The van der Waals surface area contributed by atoms with Crippen LogP contribution in [0, 0.1) is 0 Å². The molecule has 0 spiro atoms. The van der Waals surface area contributed by atoms with Gasteiger partial charge >= 0.3 is 0 Å². The molecule has 1 aliphatic carbocycles. The van der Waals surface area contributed by atoms with Gasteiger partial charge in [0.15, 0.2) is 0 Å². The van der Waals surface area contributed by atoms with Gasteiger partial charge in [-0.3, -0.25) is 0 Å². The average molecular weight is 247 g/mol. The van der Waals surface area contributed by atoms with Crippen molar-refractivity contribution in [1.29, 1.82) is 0 Å². The van der Waals surface area contributed by atoms with Crippen LogP contribution in [0.5, 0.6) is 0 Å². The average Bonchev–Trinajstić information content (AvgIpc) is 2.68. The molecule has 0 N–H and O–H groups in total. The molecule has 2 nitrogen and oxygen atoms in total. The Hall–Kier alpha value is -1.09. The fourth-order valence-electron chi connectivity index (χ4n) is 2.26. The first kappa shape index (κ1) is 12.4. The second kappa shape index (κ2) is 4.65. The molecule has 92 valence electrons. The minimum atomic E-state index is -1.55. The predicted octanol–water partition coefficient (Wildman–Crippen LogP) is 3.94. The van der Waals surface area contributed by atoms with Gasteiger partial charge in [0.2, 0.25) is 0 Å². The fraction of sp³-hybridized carbons (Fsp3) is 0.500. The normalized spacial score (nSPS) is 20.2. The van der Waals surface area contributed by atoms with Crippen molar-refractivity contribution >= 4 is 14.0 Å². The van der Waals surface area contributed by atoms with Gasteiger partial charge < -0.3 is 4.53 Å². The number of fused-ring (bicyclic) bond motifs is 1. The van der Waals surface area contributed by atoms with Crippen molar-refractivity contribution in [3.8, 4) is 0 Å². The van der Waals surface area contributed by atoms with Gasteiger partial charge in [-0.2, -0.15) is 0 Å². The maximum atomic E-state index is 5.65. The van der Waals surface area contributed by atoms with E-state index in [9.17, 15) is 0 Å². The van der Waals surface area contributed by atoms with Crippen LogP contribution >= 0.6 is 0 Å². The molecular formula is C14H21NOSi. The highest BCUT2D eigenvalue weighted by Gasteiger charge is 2.25. The molecule has 1 aromatic rings. The second-order valence-corrected chi connectivity index (χ2v) is 10.1. The third-order valence-corrected chi connectivity index (χ3v) is 3.74. The Kier molecular flexibility index (Phi) is 3.38. The number of benzene rings is 1. The van der Waals surface area contributed by atoms with E-state index in [2.05, 4.69) is 56.0 Å². The maximum absolute atomic E-state index is 5.65. The van der Waals surface area contributed by atoms with Crippen LogP contribution in [0.4, 0.5) is 0 Å².